The van der Waals surface area contributed by atoms with E-state index < -0.39 is 0 Å². The number of thiophene rings is 1. The van der Waals surface area contributed by atoms with Crippen molar-refractivity contribution in [1.29, 1.82) is 0 Å². The summed E-state index contributed by atoms with van der Waals surface area (Å²) in [6.07, 6.45) is 4.37. The van der Waals surface area contributed by atoms with E-state index in [2.05, 4.69) is 39.7 Å². The predicted molar refractivity (Wildman–Crippen MR) is 104 cm³/mol. The standard InChI is InChI=1S/C18H16N6S2/c1-3-10-24-15(13-7-5-6-9-19-13)22-23-18(24)26-17-12-8-11-25-16(12)20-14(4-2)21-17/h3,5-9,11H,1,4,10H2,2H3. The molecule has 4 heterocycles. The average Bonchev–Trinajstić information content (AvgIpc) is 3.30. The van der Waals surface area contributed by atoms with Crippen molar-refractivity contribution < 1.29 is 0 Å². The molecule has 4 aromatic rings. The highest BCUT2D eigenvalue weighted by atomic mass is 32.2. The molecule has 0 radical (unpaired) electrons. The van der Waals surface area contributed by atoms with Crippen LogP contribution in [-0.2, 0) is 13.0 Å². The maximum atomic E-state index is 4.71. The third-order valence-corrected chi connectivity index (χ3v) is 5.56. The second-order valence-corrected chi connectivity index (χ2v) is 7.31. The summed E-state index contributed by atoms with van der Waals surface area (Å²) < 4.78 is 2.01. The van der Waals surface area contributed by atoms with Crippen LogP contribution in [0.3, 0.4) is 0 Å². The van der Waals surface area contributed by atoms with E-state index in [1.807, 2.05) is 34.2 Å². The SMILES string of the molecule is C=CCn1c(Sc2nc(CC)nc3sccc23)nnc1-c1ccccn1. The minimum atomic E-state index is 0.597. The van der Waals surface area contributed by atoms with Gasteiger partial charge in [0, 0.05) is 24.5 Å². The molecule has 0 atom stereocenters. The van der Waals surface area contributed by atoms with E-state index in [4.69, 9.17) is 4.98 Å². The van der Waals surface area contributed by atoms with Gasteiger partial charge < -0.3 is 0 Å². The van der Waals surface area contributed by atoms with Crippen LogP contribution in [0.4, 0.5) is 0 Å². The van der Waals surface area contributed by atoms with Crippen LogP contribution in [-0.4, -0.2) is 29.7 Å². The highest BCUT2D eigenvalue weighted by molar-refractivity contribution is 7.99. The molecule has 0 bridgehead atoms. The molecular weight excluding hydrogens is 364 g/mol. The molecule has 6 nitrogen and oxygen atoms in total. The summed E-state index contributed by atoms with van der Waals surface area (Å²) in [5, 5.41) is 13.5. The number of rotatable bonds is 6. The Bertz CT molecular complexity index is 1050. The predicted octanol–water partition coefficient (Wildman–Crippen LogP) is 4.24. The maximum absolute atomic E-state index is 4.71. The Balaban J connectivity index is 1.79. The van der Waals surface area contributed by atoms with Gasteiger partial charge in [-0.1, -0.05) is 19.1 Å². The summed E-state index contributed by atoms with van der Waals surface area (Å²) in [7, 11) is 0. The van der Waals surface area contributed by atoms with Crippen molar-refractivity contribution in [1.82, 2.24) is 29.7 Å². The van der Waals surface area contributed by atoms with Gasteiger partial charge in [-0.2, -0.15) is 0 Å². The van der Waals surface area contributed by atoms with E-state index in [1.165, 1.54) is 11.8 Å². The molecule has 0 saturated carbocycles. The van der Waals surface area contributed by atoms with E-state index in [-0.39, 0.29) is 0 Å². The summed E-state index contributed by atoms with van der Waals surface area (Å²) in [6.45, 7) is 6.51. The second-order valence-electron chi connectivity index (χ2n) is 5.46. The van der Waals surface area contributed by atoms with E-state index in [0.29, 0.717) is 6.54 Å². The number of aryl methyl sites for hydroxylation is 1. The molecular formula is C18H16N6S2. The Morgan fingerprint density at radius 1 is 1.23 bits per heavy atom. The summed E-state index contributed by atoms with van der Waals surface area (Å²) in [6, 6.07) is 7.80. The summed E-state index contributed by atoms with van der Waals surface area (Å²) in [4.78, 5) is 14.7. The molecule has 0 aliphatic rings. The van der Waals surface area contributed by atoms with Crippen molar-refractivity contribution >= 4 is 33.3 Å². The maximum Gasteiger partial charge on any atom is 0.198 e. The number of hydrogen-bond acceptors (Lipinski definition) is 7. The van der Waals surface area contributed by atoms with Gasteiger partial charge in [0.2, 0.25) is 0 Å². The first-order chi connectivity index (χ1) is 12.8. The van der Waals surface area contributed by atoms with Gasteiger partial charge in [-0.15, -0.1) is 28.1 Å². The number of hydrogen-bond donors (Lipinski definition) is 0. The van der Waals surface area contributed by atoms with Gasteiger partial charge in [0.1, 0.15) is 21.4 Å². The lowest BCUT2D eigenvalue weighted by atomic mass is 10.3. The van der Waals surface area contributed by atoms with E-state index in [1.54, 1.807) is 17.5 Å². The lowest BCUT2D eigenvalue weighted by Crippen LogP contribution is -2.02. The Hall–Kier alpha value is -2.58. The van der Waals surface area contributed by atoms with Crippen molar-refractivity contribution in [2.45, 2.75) is 30.1 Å². The Kier molecular flexibility index (Phi) is 4.77. The Labute approximate surface area is 159 Å². The Morgan fingerprint density at radius 2 is 2.15 bits per heavy atom. The van der Waals surface area contributed by atoms with Gasteiger partial charge in [0.25, 0.3) is 0 Å². The van der Waals surface area contributed by atoms with Gasteiger partial charge in [-0.25, -0.2) is 9.97 Å². The van der Waals surface area contributed by atoms with Crippen molar-refractivity contribution in [3.8, 4) is 11.5 Å². The number of fused-ring (bicyclic) bond motifs is 1. The third-order valence-electron chi connectivity index (χ3n) is 3.76. The van der Waals surface area contributed by atoms with Crippen molar-refractivity contribution in [3.63, 3.8) is 0 Å². The third kappa shape index (κ3) is 3.13. The molecule has 0 amide bonds. The van der Waals surface area contributed by atoms with E-state index in [9.17, 15) is 0 Å². The van der Waals surface area contributed by atoms with Crippen LogP contribution in [0.25, 0.3) is 21.7 Å². The van der Waals surface area contributed by atoms with Crippen molar-refractivity contribution in [2.24, 2.45) is 0 Å². The monoisotopic (exact) mass is 380 g/mol. The highest BCUT2D eigenvalue weighted by Crippen LogP contribution is 2.34. The quantitative estimate of drug-likeness (QED) is 0.368. The zero-order chi connectivity index (χ0) is 17.9. The molecule has 4 aromatic heterocycles. The fourth-order valence-corrected chi connectivity index (χ4v) is 4.33. The molecule has 0 saturated heterocycles. The minimum Gasteiger partial charge on any atom is -0.297 e. The molecule has 26 heavy (non-hydrogen) atoms. The topological polar surface area (TPSA) is 69.4 Å². The molecule has 4 rings (SSSR count). The van der Waals surface area contributed by atoms with Gasteiger partial charge in [-0.3, -0.25) is 9.55 Å². The molecule has 8 heteroatoms. The van der Waals surface area contributed by atoms with Crippen molar-refractivity contribution in [2.75, 3.05) is 0 Å². The lowest BCUT2D eigenvalue weighted by molar-refractivity contribution is 0.728. The van der Waals surface area contributed by atoms with Crippen LogP contribution in [0.5, 0.6) is 0 Å². The number of pyridine rings is 1. The molecule has 0 unspecified atom stereocenters. The molecule has 0 N–H and O–H groups in total. The zero-order valence-corrected chi connectivity index (χ0v) is 15.8. The first kappa shape index (κ1) is 16.9. The molecule has 0 fully saturated rings. The van der Waals surface area contributed by atoms with Gasteiger partial charge in [0.05, 0.1) is 0 Å². The minimum absolute atomic E-state index is 0.597. The van der Waals surface area contributed by atoms with Gasteiger partial charge in [0.15, 0.2) is 11.0 Å². The number of aromatic nitrogens is 6. The lowest BCUT2D eigenvalue weighted by Gasteiger charge is -2.08. The zero-order valence-electron chi connectivity index (χ0n) is 14.2. The normalized spacial score (nSPS) is 11.1. The van der Waals surface area contributed by atoms with Crippen LogP contribution in [0, 0.1) is 0 Å². The van der Waals surface area contributed by atoms with Crippen LogP contribution >= 0.6 is 23.1 Å². The van der Waals surface area contributed by atoms with Crippen LogP contribution in [0.1, 0.15) is 12.7 Å². The molecule has 0 aliphatic heterocycles. The average molecular weight is 381 g/mol. The molecule has 0 spiro atoms. The summed E-state index contributed by atoms with van der Waals surface area (Å²) >= 11 is 3.13. The van der Waals surface area contributed by atoms with Crippen LogP contribution in [0.15, 0.2) is 58.7 Å². The summed E-state index contributed by atoms with van der Waals surface area (Å²) in [5.74, 6) is 1.56. The molecule has 0 aromatic carbocycles. The Morgan fingerprint density at radius 3 is 2.92 bits per heavy atom. The summed E-state index contributed by atoms with van der Waals surface area (Å²) in [5.41, 5.74) is 0.784. The number of allylic oxidation sites excluding steroid dienone is 1. The largest absolute Gasteiger partial charge is 0.297 e. The number of nitrogens with zero attached hydrogens (tertiary/aromatic N) is 6. The van der Waals surface area contributed by atoms with Crippen LogP contribution in [0.2, 0.25) is 0 Å². The smallest absolute Gasteiger partial charge is 0.198 e. The van der Waals surface area contributed by atoms with Crippen LogP contribution < -0.4 is 0 Å². The highest BCUT2D eigenvalue weighted by Gasteiger charge is 2.18. The van der Waals surface area contributed by atoms with Crippen molar-refractivity contribution in [3.05, 3.63) is 54.3 Å². The molecule has 130 valence electrons. The first-order valence-corrected chi connectivity index (χ1v) is 9.87. The van der Waals surface area contributed by atoms with E-state index >= 15 is 0 Å². The fourth-order valence-electron chi connectivity index (χ4n) is 2.54. The van der Waals surface area contributed by atoms with Gasteiger partial charge in [-0.05, 0) is 35.3 Å². The fraction of sp³-hybridized carbons (Fsp3) is 0.167. The molecule has 0 aliphatic carbocycles. The van der Waals surface area contributed by atoms with Gasteiger partial charge >= 0.3 is 0 Å². The van der Waals surface area contributed by atoms with E-state index in [0.717, 1.165) is 44.2 Å². The second kappa shape index (κ2) is 7.35. The first-order valence-electron chi connectivity index (χ1n) is 8.17.